The molecule has 0 N–H and O–H groups in total. The van der Waals surface area contributed by atoms with E-state index in [9.17, 15) is 4.79 Å². The van der Waals surface area contributed by atoms with Gasteiger partial charge in [-0.05, 0) is 29.8 Å². The number of hydrogen-bond acceptors (Lipinski definition) is 3. The zero-order valence-electron chi connectivity index (χ0n) is 14.4. The summed E-state index contributed by atoms with van der Waals surface area (Å²) in [5.41, 5.74) is 4.12. The molecule has 0 atom stereocenters. The normalized spacial score (nSPS) is 13.6. The SMILES string of the molecule is COc1ccc(CN2Cc3c(-c4cccc(Br)c4)ncn3CC2=O)cc1. The molecule has 2 aromatic carbocycles. The number of aromatic nitrogens is 2. The van der Waals surface area contributed by atoms with E-state index in [1.807, 2.05) is 58.0 Å². The summed E-state index contributed by atoms with van der Waals surface area (Å²) in [6, 6.07) is 15.9. The van der Waals surface area contributed by atoms with Gasteiger partial charge >= 0.3 is 0 Å². The second-order valence-corrected chi connectivity index (χ2v) is 7.19. The van der Waals surface area contributed by atoms with Gasteiger partial charge in [0.15, 0.2) is 0 Å². The van der Waals surface area contributed by atoms with Gasteiger partial charge in [-0.15, -0.1) is 0 Å². The molecular weight excluding hydrogens is 394 g/mol. The van der Waals surface area contributed by atoms with Gasteiger partial charge in [0, 0.05) is 16.6 Å². The quantitative estimate of drug-likeness (QED) is 0.654. The molecule has 3 aromatic rings. The Bertz CT molecular complexity index is 950. The van der Waals surface area contributed by atoms with Crippen molar-refractivity contribution < 1.29 is 9.53 Å². The second-order valence-electron chi connectivity index (χ2n) is 6.28. The third-order valence-electron chi connectivity index (χ3n) is 4.58. The lowest BCUT2D eigenvalue weighted by molar-refractivity contribution is -0.134. The van der Waals surface area contributed by atoms with Crippen LogP contribution in [0.25, 0.3) is 11.3 Å². The summed E-state index contributed by atoms with van der Waals surface area (Å²) in [6.45, 7) is 1.45. The number of benzene rings is 2. The van der Waals surface area contributed by atoms with Crippen LogP contribution < -0.4 is 4.74 Å². The number of halogens is 1. The van der Waals surface area contributed by atoms with E-state index in [1.54, 1.807) is 13.4 Å². The smallest absolute Gasteiger partial charge is 0.243 e. The van der Waals surface area contributed by atoms with E-state index in [0.29, 0.717) is 19.6 Å². The van der Waals surface area contributed by atoms with Crippen LogP contribution in [0.5, 0.6) is 5.75 Å². The van der Waals surface area contributed by atoms with Gasteiger partial charge in [0.1, 0.15) is 12.3 Å². The van der Waals surface area contributed by atoms with Gasteiger partial charge in [-0.2, -0.15) is 0 Å². The molecule has 0 saturated heterocycles. The number of hydrogen-bond donors (Lipinski definition) is 0. The summed E-state index contributed by atoms with van der Waals surface area (Å²) in [6.07, 6.45) is 1.76. The fourth-order valence-corrected chi connectivity index (χ4v) is 3.60. The minimum absolute atomic E-state index is 0.103. The fourth-order valence-electron chi connectivity index (χ4n) is 3.20. The molecule has 0 aliphatic carbocycles. The van der Waals surface area contributed by atoms with E-state index in [4.69, 9.17) is 4.74 Å². The molecule has 2 heterocycles. The first-order valence-electron chi connectivity index (χ1n) is 8.34. The molecule has 4 rings (SSSR count). The Balaban J connectivity index is 1.60. The van der Waals surface area contributed by atoms with Crippen LogP contribution in [-0.2, 0) is 24.4 Å². The highest BCUT2D eigenvalue weighted by molar-refractivity contribution is 9.10. The average molecular weight is 412 g/mol. The summed E-state index contributed by atoms with van der Waals surface area (Å²) >= 11 is 3.51. The number of amides is 1. The monoisotopic (exact) mass is 411 g/mol. The van der Waals surface area contributed by atoms with E-state index in [0.717, 1.165) is 32.7 Å². The van der Waals surface area contributed by atoms with Crippen LogP contribution in [0.2, 0.25) is 0 Å². The van der Waals surface area contributed by atoms with E-state index in [-0.39, 0.29) is 5.91 Å². The van der Waals surface area contributed by atoms with Gasteiger partial charge in [0.2, 0.25) is 5.91 Å². The van der Waals surface area contributed by atoms with Gasteiger partial charge in [-0.25, -0.2) is 4.98 Å². The van der Waals surface area contributed by atoms with Crippen LogP contribution in [0.3, 0.4) is 0 Å². The maximum Gasteiger partial charge on any atom is 0.243 e. The molecule has 0 fully saturated rings. The number of carbonyl (C=O) groups is 1. The zero-order chi connectivity index (χ0) is 18.1. The Labute approximate surface area is 160 Å². The van der Waals surface area contributed by atoms with Crippen LogP contribution in [0.15, 0.2) is 59.3 Å². The van der Waals surface area contributed by atoms with Gasteiger partial charge in [-0.3, -0.25) is 4.79 Å². The third kappa shape index (κ3) is 3.24. The van der Waals surface area contributed by atoms with E-state index in [2.05, 4.69) is 20.9 Å². The zero-order valence-corrected chi connectivity index (χ0v) is 15.9. The van der Waals surface area contributed by atoms with Crippen LogP contribution in [0.1, 0.15) is 11.3 Å². The van der Waals surface area contributed by atoms with Crippen molar-refractivity contribution in [1.29, 1.82) is 0 Å². The Morgan fingerprint density at radius 2 is 1.96 bits per heavy atom. The lowest BCUT2D eigenvalue weighted by Crippen LogP contribution is -2.38. The van der Waals surface area contributed by atoms with E-state index in [1.165, 1.54) is 0 Å². The number of carbonyl (C=O) groups excluding carboxylic acids is 1. The number of rotatable bonds is 4. The number of nitrogens with zero attached hydrogens (tertiary/aromatic N) is 3. The van der Waals surface area contributed by atoms with Crippen molar-refractivity contribution in [2.45, 2.75) is 19.6 Å². The number of ether oxygens (including phenoxy) is 1. The highest BCUT2D eigenvalue weighted by Gasteiger charge is 2.26. The average Bonchev–Trinajstić information content (AvgIpc) is 3.05. The topological polar surface area (TPSA) is 47.4 Å². The molecule has 0 radical (unpaired) electrons. The summed E-state index contributed by atoms with van der Waals surface area (Å²) in [4.78, 5) is 19.0. The maximum atomic E-state index is 12.5. The summed E-state index contributed by atoms with van der Waals surface area (Å²) < 4.78 is 8.15. The van der Waals surface area contributed by atoms with Crippen molar-refractivity contribution in [3.8, 4) is 17.0 Å². The van der Waals surface area contributed by atoms with Gasteiger partial charge in [0.25, 0.3) is 0 Å². The predicted molar refractivity (Wildman–Crippen MR) is 103 cm³/mol. The van der Waals surface area contributed by atoms with E-state index < -0.39 is 0 Å². The largest absolute Gasteiger partial charge is 0.497 e. The van der Waals surface area contributed by atoms with Crippen molar-refractivity contribution in [2.24, 2.45) is 0 Å². The summed E-state index contributed by atoms with van der Waals surface area (Å²) in [5, 5.41) is 0. The van der Waals surface area contributed by atoms with Crippen molar-refractivity contribution in [2.75, 3.05) is 7.11 Å². The van der Waals surface area contributed by atoms with Crippen LogP contribution in [-0.4, -0.2) is 27.5 Å². The number of methoxy groups -OCH3 is 1. The predicted octanol–water partition coefficient (Wildman–Crippen LogP) is 3.86. The molecule has 26 heavy (non-hydrogen) atoms. The lowest BCUT2D eigenvalue weighted by Gasteiger charge is -2.29. The van der Waals surface area contributed by atoms with Crippen molar-refractivity contribution in [3.63, 3.8) is 0 Å². The molecule has 0 unspecified atom stereocenters. The molecule has 0 saturated carbocycles. The minimum atomic E-state index is 0.103. The third-order valence-corrected chi connectivity index (χ3v) is 5.07. The lowest BCUT2D eigenvalue weighted by atomic mass is 10.1. The Hall–Kier alpha value is -2.60. The molecule has 1 amide bonds. The van der Waals surface area contributed by atoms with Crippen molar-refractivity contribution in [1.82, 2.24) is 14.5 Å². The van der Waals surface area contributed by atoms with E-state index >= 15 is 0 Å². The molecule has 1 aliphatic rings. The standard InChI is InChI=1S/C20H18BrN3O2/c1-26-17-7-5-14(6-8-17)10-23-11-18-20(15-3-2-4-16(21)9-15)22-13-24(18)12-19(23)25/h2-9,13H,10-12H2,1H3. The molecule has 132 valence electrons. The second kappa shape index (κ2) is 6.96. The number of imidazole rings is 1. The Kier molecular flexibility index (Phi) is 4.51. The summed E-state index contributed by atoms with van der Waals surface area (Å²) in [7, 11) is 1.65. The van der Waals surface area contributed by atoms with Gasteiger partial charge in [-0.1, -0.05) is 40.2 Å². The molecule has 5 nitrogen and oxygen atoms in total. The number of fused-ring (bicyclic) bond motifs is 1. The molecular formula is C20H18BrN3O2. The van der Waals surface area contributed by atoms with Gasteiger partial charge in [0.05, 0.1) is 31.4 Å². The molecule has 0 bridgehead atoms. The highest BCUT2D eigenvalue weighted by Crippen LogP contribution is 2.28. The molecule has 1 aliphatic heterocycles. The molecule has 0 spiro atoms. The first-order valence-corrected chi connectivity index (χ1v) is 9.14. The fraction of sp³-hybridized carbons (Fsp3) is 0.200. The summed E-state index contributed by atoms with van der Waals surface area (Å²) in [5.74, 6) is 0.917. The Morgan fingerprint density at radius 1 is 1.15 bits per heavy atom. The van der Waals surface area contributed by atoms with Crippen LogP contribution >= 0.6 is 15.9 Å². The van der Waals surface area contributed by atoms with Crippen LogP contribution in [0, 0.1) is 0 Å². The van der Waals surface area contributed by atoms with Crippen molar-refractivity contribution in [3.05, 3.63) is 70.6 Å². The van der Waals surface area contributed by atoms with Crippen LogP contribution in [0.4, 0.5) is 0 Å². The van der Waals surface area contributed by atoms with Gasteiger partial charge < -0.3 is 14.2 Å². The first-order chi connectivity index (χ1) is 12.6. The first kappa shape index (κ1) is 16.8. The van der Waals surface area contributed by atoms with Crippen molar-refractivity contribution >= 4 is 21.8 Å². The molecule has 1 aromatic heterocycles. The Morgan fingerprint density at radius 3 is 2.69 bits per heavy atom. The molecule has 6 heteroatoms. The maximum absolute atomic E-state index is 12.5. The highest BCUT2D eigenvalue weighted by atomic mass is 79.9. The minimum Gasteiger partial charge on any atom is -0.497 e.